The number of ether oxygens (including phenoxy) is 1. The Balaban J connectivity index is 2.06. The van der Waals surface area contributed by atoms with E-state index in [-0.39, 0.29) is 17.8 Å². The Kier molecular flexibility index (Phi) is 3.06. The standard InChI is InChI=1S/C13H20O3/c1-3-13(16-12(15)9(2)8-14)7-10-4-5-11(13)6-10/h10-11,14H,2-8H2,1H3. The fourth-order valence-corrected chi connectivity index (χ4v) is 3.35. The zero-order valence-corrected chi connectivity index (χ0v) is 9.87. The molecule has 16 heavy (non-hydrogen) atoms. The van der Waals surface area contributed by atoms with E-state index in [2.05, 4.69) is 13.5 Å². The molecule has 0 spiro atoms. The minimum atomic E-state index is -0.420. The lowest BCUT2D eigenvalue weighted by atomic mass is 9.82. The van der Waals surface area contributed by atoms with Crippen molar-refractivity contribution in [2.45, 2.75) is 44.6 Å². The molecular formula is C13H20O3. The second-order valence-electron chi connectivity index (χ2n) is 5.15. The van der Waals surface area contributed by atoms with E-state index in [0.717, 1.165) is 18.8 Å². The molecule has 0 aromatic carbocycles. The highest BCUT2D eigenvalue weighted by Gasteiger charge is 2.52. The van der Waals surface area contributed by atoms with Gasteiger partial charge >= 0.3 is 5.97 Å². The Morgan fingerprint density at radius 2 is 2.31 bits per heavy atom. The first-order chi connectivity index (χ1) is 7.61. The number of hydrogen-bond donors (Lipinski definition) is 1. The van der Waals surface area contributed by atoms with Crippen LogP contribution in [-0.4, -0.2) is 23.3 Å². The first-order valence-corrected chi connectivity index (χ1v) is 6.13. The van der Waals surface area contributed by atoms with Gasteiger partial charge in [-0.25, -0.2) is 4.79 Å². The van der Waals surface area contributed by atoms with E-state index < -0.39 is 5.97 Å². The Morgan fingerprint density at radius 1 is 1.56 bits per heavy atom. The third kappa shape index (κ3) is 1.77. The first kappa shape index (κ1) is 11.6. The van der Waals surface area contributed by atoms with Gasteiger partial charge in [-0.2, -0.15) is 0 Å². The van der Waals surface area contributed by atoms with Crippen LogP contribution in [0.4, 0.5) is 0 Å². The van der Waals surface area contributed by atoms with Gasteiger partial charge in [-0.3, -0.25) is 0 Å². The van der Waals surface area contributed by atoms with Crippen LogP contribution in [0.3, 0.4) is 0 Å². The van der Waals surface area contributed by atoms with Gasteiger partial charge in [0.1, 0.15) is 5.60 Å². The molecule has 2 saturated carbocycles. The number of carbonyl (C=O) groups excluding carboxylic acids is 1. The molecule has 3 heteroatoms. The highest BCUT2D eigenvalue weighted by Crippen LogP contribution is 2.54. The topological polar surface area (TPSA) is 46.5 Å². The van der Waals surface area contributed by atoms with Crippen molar-refractivity contribution in [3.05, 3.63) is 12.2 Å². The molecule has 3 unspecified atom stereocenters. The predicted molar refractivity (Wildman–Crippen MR) is 60.8 cm³/mol. The summed E-state index contributed by atoms with van der Waals surface area (Å²) in [6.45, 7) is 5.28. The molecule has 0 aromatic heterocycles. The van der Waals surface area contributed by atoms with E-state index in [9.17, 15) is 4.79 Å². The smallest absolute Gasteiger partial charge is 0.336 e. The van der Waals surface area contributed by atoms with Gasteiger partial charge in [0.25, 0.3) is 0 Å². The monoisotopic (exact) mass is 224 g/mol. The molecule has 0 aliphatic heterocycles. The molecule has 1 N–H and O–H groups in total. The molecule has 2 aliphatic carbocycles. The normalized spacial score (nSPS) is 36.4. The van der Waals surface area contributed by atoms with Gasteiger partial charge in [0.05, 0.1) is 12.2 Å². The van der Waals surface area contributed by atoms with Crippen molar-refractivity contribution in [1.29, 1.82) is 0 Å². The van der Waals surface area contributed by atoms with E-state index in [0.29, 0.717) is 5.92 Å². The number of hydrogen-bond acceptors (Lipinski definition) is 3. The van der Waals surface area contributed by atoms with Crippen LogP contribution in [0.15, 0.2) is 12.2 Å². The van der Waals surface area contributed by atoms with Crippen molar-refractivity contribution >= 4 is 5.97 Å². The van der Waals surface area contributed by atoms with Crippen molar-refractivity contribution in [3.8, 4) is 0 Å². The molecule has 2 rings (SSSR count). The van der Waals surface area contributed by atoms with Crippen molar-refractivity contribution in [3.63, 3.8) is 0 Å². The number of aliphatic hydroxyl groups excluding tert-OH is 1. The summed E-state index contributed by atoms with van der Waals surface area (Å²) in [6, 6.07) is 0. The molecule has 90 valence electrons. The minimum Gasteiger partial charge on any atom is -0.455 e. The van der Waals surface area contributed by atoms with Gasteiger partial charge in [-0.15, -0.1) is 0 Å². The van der Waals surface area contributed by atoms with Crippen LogP contribution in [-0.2, 0) is 9.53 Å². The maximum Gasteiger partial charge on any atom is 0.336 e. The second-order valence-corrected chi connectivity index (χ2v) is 5.15. The highest BCUT2D eigenvalue weighted by atomic mass is 16.6. The summed E-state index contributed by atoms with van der Waals surface area (Å²) in [5.41, 5.74) is -0.103. The van der Waals surface area contributed by atoms with Crippen LogP contribution in [0, 0.1) is 11.8 Å². The van der Waals surface area contributed by atoms with Gasteiger partial charge in [0, 0.05) is 0 Å². The van der Waals surface area contributed by atoms with Gasteiger partial charge in [-0.1, -0.05) is 13.5 Å². The Morgan fingerprint density at radius 3 is 2.75 bits per heavy atom. The van der Waals surface area contributed by atoms with Crippen molar-refractivity contribution in [2.75, 3.05) is 6.61 Å². The molecule has 0 amide bonds. The van der Waals surface area contributed by atoms with Gasteiger partial charge in [-0.05, 0) is 43.9 Å². The zero-order valence-electron chi connectivity index (χ0n) is 9.87. The molecule has 0 heterocycles. The number of aliphatic hydroxyl groups is 1. The van der Waals surface area contributed by atoms with Gasteiger partial charge < -0.3 is 9.84 Å². The largest absolute Gasteiger partial charge is 0.455 e. The summed E-state index contributed by atoms with van der Waals surface area (Å²) in [7, 11) is 0. The summed E-state index contributed by atoms with van der Waals surface area (Å²) in [6.07, 6.45) is 5.53. The quantitative estimate of drug-likeness (QED) is 0.587. The lowest BCUT2D eigenvalue weighted by molar-refractivity contribution is -0.161. The predicted octanol–water partition coefficient (Wildman–Crippen LogP) is 2.05. The molecule has 2 bridgehead atoms. The molecule has 0 aromatic rings. The van der Waals surface area contributed by atoms with Gasteiger partial charge in [0.15, 0.2) is 0 Å². The summed E-state index contributed by atoms with van der Waals surface area (Å²) in [5, 5.41) is 8.87. The molecule has 3 nitrogen and oxygen atoms in total. The molecular weight excluding hydrogens is 204 g/mol. The van der Waals surface area contributed by atoms with E-state index in [1.807, 2.05) is 0 Å². The second kappa shape index (κ2) is 4.21. The van der Waals surface area contributed by atoms with Crippen molar-refractivity contribution in [1.82, 2.24) is 0 Å². The maximum absolute atomic E-state index is 11.7. The van der Waals surface area contributed by atoms with E-state index >= 15 is 0 Å². The molecule has 2 aliphatic rings. The maximum atomic E-state index is 11.7. The van der Waals surface area contributed by atoms with E-state index in [1.54, 1.807) is 0 Å². The third-order valence-electron chi connectivity index (χ3n) is 4.29. The Bertz CT molecular complexity index is 310. The molecule has 2 fully saturated rings. The summed E-state index contributed by atoms with van der Waals surface area (Å²) in [4.78, 5) is 11.7. The fraction of sp³-hybridized carbons (Fsp3) is 0.769. The van der Waals surface area contributed by atoms with Gasteiger partial charge in [0.2, 0.25) is 0 Å². The Hall–Kier alpha value is -0.830. The van der Waals surface area contributed by atoms with E-state index in [1.165, 1.54) is 19.3 Å². The summed E-state index contributed by atoms with van der Waals surface area (Å²) >= 11 is 0. The Labute approximate surface area is 96.5 Å². The fourth-order valence-electron chi connectivity index (χ4n) is 3.35. The highest BCUT2D eigenvalue weighted by molar-refractivity contribution is 5.88. The number of rotatable bonds is 4. The van der Waals surface area contributed by atoms with Crippen LogP contribution in [0.25, 0.3) is 0 Å². The van der Waals surface area contributed by atoms with Crippen LogP contribution in [0.1, 0.15) is 39.0 Å². The average Bonchev–Trinajstić information content (AvgIpc) is 2.88. The average molecular weight is 224 g/mol. The molecule has 3 atom stereocenters. The summed E-state index contributed by atoms with van der Waals surface area (Å²) < 4.78 is 5.64. The molecule has 0 saturated heterocycles. The van der Waals surface area contributed by atoms with Crippen molar-refractivity contribution < 1.29 is 14.6 Å². The third-order valence-corrected chi connectivity index (χ3v) is 4.29. The summed E-state index contributed by atoms with van der Waals surface area (Å²) in [5.74, 6) is 0.843. The van der Waals surface area contributed by atoms with Crippen LogP contribution in [0.2, 0.25) is 0 Å². The van der Waals surface area contributed by atoms with E-state index in [4.69, 9.17) is 9.84 Å². The number of carbonyl (C=O) groups is 1. The van der Waals surface area contributed by atoms with Crippen LogP contribution in [0.5, 0.6) is 0 Å². The number of esters is 1. The molecule has 0 radical (unpaired) electrons. The lowest BCUT2D eigenvalue weighted by Crippen LogP contribution is -2.40. The van der Waals surface area contributed by atoms with Crippen LogP contribution < -0.4 is 0 Å². The first-order valence-electron chi connectivity index (χ1n) is 6.13. The minimum absolute atomic E-state index is 0.163. The zero-order chi connectivity index (χ0) is 11.8. The number of fused-ring (bicyclic) bond motifs is 2. The SMILES string of the molecule is C=C(CO)C(=O)OC1(CC)CC2CCC1C2. The lowest BCUT2D eigenvalue weighted by Gasteiger charge is -2.36. The van der Waals surface area contributed by atoms with Crippen molar-refractivity contribution in [2.24, 2.45) is 11.8 Å². The van der Waals surface area contributed by atoms with Crippen LogP contribution >= 0.6 is 0 Å².